The second kappa shape index (κ2) is 6.51. The van der Waals surface area contributed by atoms with Gasteiger partial charge in [-0.2, -0.15) is 0 Å². The molecule has 112 valence electrons. The summed E-state index contributed by atoms with van der Waals surface area (Å²) in [6.07, 6.45) is 2.05. The van der Waals surface area contributed by atoms with Crippen LogP contribution < -0.4 is 10.5 Å². The molecule has 0 aliphatic rings. The Bertz CT molecular complexity index is 695. The maximum absolute atomic E-state index is 11.2. The summed E-state index contributed by atoms with van der Waals surface area (Å²) in [6, 6.07) is 14.9. The molecule has 0 aromatic heterocycles. The zero-order chi connectivity index (χ0) is 15.5. The van der Waals surface area contributed by atoms with Gasteiger partial charge in [-0.15, -0.1) is 11.8 Å². The number of primary sulfonamides is 1. The Kier molecular flexibility index (Phi) is 4.92. The fraction of sp³-hybridized carbons (Fsp3) is 0.200. The van der Waals surface area contributed by atoms with Crippen molar-refractivity contribution in [3.8, 4) is 0 Å². The third-order valence-electron chi connectivity index (χ3n) is 3.18. The van der Waals surface area contributed by atoms with Gasteiger partial charge in [-0.25, -0.2) is 13.6 Å². The van der Waals surface area contributed by atoms with E-state index in [1.54, 1.807) is 23.9 Å². The summed E-state index contributed by atoms with van der Waals surface area (Å²) in [5.74, 6) is 0. The number of thioether (sulfide) groups is 1. The predicted octanol–water partition coefficient (Wildman–Crippen LogP) is 3.23. The van der Waals surface area contributed by atoms with Crippen LogP contribution in [0.25, 0.3) is 0 Å². The van der Waals surface area contributed by atoms with Crippen molar-refractivity contribution >= 4 is 27.5 Å². The van der Waals surface area contributed by atoms with Gasteiger partial charge in [0.15, 0.2) is 0 Å². The lowest BCUT2D eigenvalue weighted by Gasteiger charge is -2.16. The quantitative estimate of drug-likeness (QED) is 0.829. The van der Waals surface area contributed by atoms with Crippen molar-refractivity contribution in [3.05, 3.63) is 54.1 Å². The zero-order valence-corrected chi connectivity index (χ0v) is 13.5. The molecule has 0 heterocycles. The number of nitrogens with two attached hydrogens (primary N) is 1. The van der Waals surface area contributed by atoms with Gasteiger partial charge < -0.3 is 5.32 Å². The molecule has 2 aromatic carbocycles. The van der Waals surface area contributed by atoms with Crippen molar-refractivity contribution in [1.82, 2.24) is 0 Å². The van der Waals surface area contributed by atoms with Crippen LogP contribution in [0.4, 0.5) is 5.69 Å². The Balaban J connectivity index is 2.10. The lowest BCUT2D eigenvalue weighted by Crippen LogP contribution is -2.12. The normalized spacial score (nSPS) is 12.9. The molecular formula is C15H18N2O2S2. The molecule has 3 N–H and O–H groups in total. The number of hydrogen-bond donors (Lipinski definition) is 2. The maximum atomic E-state index is 11.2. The number of hydrogen-bond acceptors (Lipinski definition) is 4. The highest BCUT2D eigenvalue weighted by Crippen LogP contribution is 2.23. The number of anilines is 1. The van der Waals surface area contributed by atoms with Crippen molar-refractivity contribution in [2.75, 3.05) is 11.6 Å². The second-order valence-corrected chi connectivity index (χ2v) is 7.15. The van der Waals surface area contributed by atoms with Gasteiger partial charge in [0.05, 0.1) is 4.90 Å². The van der Waals surface area contributed by atoms with Crippen molar-refractivity contribution in [2.45, 2.75) is 22.8 Å². The Labute approximate surface area is 129 Å². The summed E-state index contributed by atoms with van der Waals surface area (Å²) in [4.78, 5) is 1.34. The van der Waals surface area contributed by atoms with Gasteiger partial charge in [0.1, 0.15) is 0 Å². The van der Waals surface area contributed by atoms with Gasteiger partial charge in [-0.05, 0) is 55.1 Å². The molecule has 0 fully saturated rings. The van der Waals surface area contributed by atoms with E-state index < -0.39 is 10.0 Å². The van der Waals surface area contributed by atoms with Gasteiger partial charge in [0, 0.05) is 16.6 Å². The maximum Gasteiger partial charge on any atom is 0.238 e. The number of sulfonamides is 1. The molecule has 4 nitrogen and oxygen atoms in total. The van der Waals surface area contributed by atoms with Gasteiger partial charge >= 0.3 is 0 Å². The minimum Gasteiger partial charge on any atom is -0.379 e. The first kappa shape index (κ1) is 15.9. The van der Waals surface area contributed by atoms with Crippen LogP contribution in [0.2, 0.25) is 0 Å². The first-order valence-corrected chi connectivity index (χ1v) is 9.20. The van der Waals surface area contributed by atoms with Crippen molar-refractivity contribution < 1.29 is 8.42 Å². The summed E-state index contributed by atoms with van der Waals surface area (Å²) < 4.78 is 22.4. The second-order valence-electron chi connectivity index (χ2n) is 4.71. The van der Waals surface area contributed by atoms with Crippen LogP contribution in [0.5, 0.6) is 0 Å². The molecular weight excluding hydrogens is 304 g/mol. The van der Waals surface area contributed by atoms with Gasteiger partial charge in [0.25, 0.3) is 0 Å². The van der Waals surface area contributed by atoms with E-state index in [1.165, 1.54) is 22.6 Å². The van der Waals surface area contributed by atoms with E-state index in [0.29, 0.717) is 0 Å². The average Bonchev–Trinajstić information content (AvgIpc) is 2.47. The van der Waals surface area contributed by atoms with E-state index in [-0.39, 0.29) is 10.9 Å². The van der Waals surface area contributed by atoms with E-state index in [9.17, 15) is 8.42 Å². The topological polar surface area (TPSA) is 72.2 Å². The van der Waals surface area contributed by atoms with Gasteiger partial charge in [-0.1, -0.05) is 12.1 Å². The zero-order valence-electron chi connectivity index (χ0n) is 11.9. The largest absolute Gasteiger partial charge is 0.379 e. The number of rotatable bonds is 5. The van der Waals surface area contributed by atoms with Crippen molar-refractivity contribution in [1.29, 1.82) is 0 Å². The third-order valence-corrected chi connectivity index (χ3v) is 4.85. The molecule has 1 unspecified atom stereocenters. The molecule has 0 radical (unpaired) electrons. The van der Waals surface area contributed by atoms with Crippen molar-refractivity contribution in [3.63, 3.8) is 0 Å². The average molecular weight is 322 g/mol. The number of nitrogens with one attached hydrogen (secondary N) is 1. The Morgan fingerprint density at radius 3 is 2.10 bits per heavy atom. The summed E-state index contributed by atoms with van der Waals surface area (Å²) in [5, 5.41) is 8.41. The van der Waals surface area contributed by atoms with Crippen LogP contribution in [0.1, 0.15) is 18.5 Å². The third kappa shape index (κ3) is 4.23. The smallest absolute Gasteiger partial charge is 0.238 e. The van der Waals surface area contributed by atoms with Gasteiger partial charge in [0.2, 0.25) is 10.0 Å². The van der Waals surface area contributed by atoms with Crippen LogP contribution in [-0.4, -0.2) is 14.7 Å². The summed E-state index contributed by atoms with van der Waals surface area (Å²) in [7, 11) is -3.64. The van der Waals surface area contributed by atoms with E-state index in [4.69, 9.17) is 5.14 Å². The highest BCUT2D eigenvalue weighted by Gasteiger charge is 2.08. The summed E-state index contributed by atoms with van der Waals surface area (Å²) in [6.45, 7) is 2.06. The molecule has 0 amide bonds. The molecule has 0 aliphatic heterocycles. The van der Waals surface area contributed by atoms with Crippen molar-refractivity contribution in [2.24, 2.45) is 5.14 Å². The molecule has 0 aliphatic carbocycles. The minimum absolute atomic E-state index is 0.116. The van der Waals surface area contributed by atoms with Gasteiger partial charge in [-0.3, -0.25) is 0 Å². The van der Waals surface area contributed by atoms with Crippen LogP contribution in [-0.2, 0) is 10.0 Å². The highest BCUT2D eigenvalue weighted by molar-refractivity contribution is 7.98. The fourth-order valence-corrected chi connectivity index (χ4v) is 2.89. The lowest BCUT2D eigenvalue weighted by molar-refractivity contribution is 0.598. The molecule has 0 saturated heterocycles. The Morgan fingerprint density at radius 1 is 1.05 bits per heavy atom. The molecule has 0 spiro atoms. The van der Waals surface area contributed by atoms with Crippen LogP contribution in [0.15, 0.2) is 58.3 Å². The Morgan fingerprint density at radius 2 is 1.62 bits per heavy atom. The number of benzene rings is 2. The molecule has 0 saturated carbocycles. The molecule has 21 heavy (non-hydrogen) atoms. The highest BCUT2D eigenvalue weighted by atomic mass is 32.2. The fourth-order valence-electron chi connectivity index (χ4n) is 1.97. The standard InChI is InChI=1S/C15H18N2O2S2/c1-11(12-3-7-14(20-2)8-4-12)17-13-5-9-15(10-6-13)21(16,18)19/h3-11,17H,1-2H3,(H2,16,18,19). The molecule has 0 bridgehead atoms. The summed E-state index contributed by atoms with van der Waals surface area (Å²) in [5.41, 5.74) is 2.02. The van der Waals surface area contributed by atoms with E-state index in [2.05, 4.69) is 36.5 Å². The summed E-state index contributed by atoms with van der Waals surface area (Å²) >= 11 is 1.71. The molecule has 2 rings (SSSR count). The SMILES string of the molecule is CSc1ccc(C(C)Nc2ccc(S(N)(=O)=O)cc2)cc1. The van der Waals surface area contributed by atoms with E-state index >= 15 is 0 Å². The Hall–Kier alpha value is -1.50. The predicted molar refractivity (Wildman–Crippen MR) is 88.1 cm³/mol. The minimum atomic E-state index is -3.64. The van der Waals surface area contributed by atoms with Crippen LogP contribution in [0.3, 0.4) is 0 Å². The first-order valence-electron chi connectivity index (χ1n) is 6.43. The van der Waals surface area contributed by atoms with E-state index in [1.807, 2.05) is 6.26 Å². The van der Waals surface area contributed by atoms with Crippen LogP contribution in [0, 0.1) is 0 Å². The monoisotopic (exact) mass is 322 g/mol. The van der Waals surface area contributed by atoms with Crippen LogP contribution >= 0.6 is 11.8 Å². The van der Waals surface area contributed by atoms with E-state index in [0.717, 1.165) is 5.69 Å². The molecule has 6 heteroatoms. The molecule has 2 aromatic rings. The first-order chi connectivity index (χ1) is 9.90. The molecule has 1 atom stereocenters. The lowest BCUT2D eigenvalue weighted by atomic mass is 10.1.